The summed E-state index contributed by atoms with van der Waals surface area (Å²) in [5.41, 5.74) is 0. The lowest BCUT2D eigenvalue weighted by Gasteiger charge is -2.30. The van der Waals surface area contributed by atoms with Gasteiger partial charge >= 0.3 is 0 Å². The molecule has 0 bridgehead atoms. The molecular weight excluding hydrogens is 374 g/mol. The van der Waals surface area contributed by atoms with Gasteiger partial charge in [-0.15, -0.1) is 0 Å². The fraction of sp³-hybridized carbons (Fsp3) is 0.611. The molecule has 1 aliphatic rings. The van der Waals surface area contributed by atoms with Crippen molar-refractivity contribution >= 4 is 27.5 Å². The van der Waals surface area contributed by atoms with E-state index in [9.17, 15) is 13.2 Å². The zero-order chi connectivity index (χ0) is 19.2. The fourth-order valence-corrected chi connectivity index (χ4v) is 4.20. The number of sulfonamides is 1. The van der Waals surface area contributed by atoms with Crippen LogP contribution in [0.5, 0.6) is 0 Å². The first-order valence-corrected chi connectivity index (χ1v) is 10.8. The van der Waals surface area contributed by atoms with Crippen molar-refractivity contribution in [2.24, 2.45) is 5.92 Å². The number of halogens is 1. The molecule has 0 radical (unpaired) electrons. The largest absolute Gasteiger partial charge is 0.355 e. The van der Waals surface area contributed by atoms with Crippen LogP contribution in [0.2, 0.25) is 5.02 Å². The lowest BCUT2D eigenvalue weighted by atomic mass is 9.99. The van der Waals surface area contributed by atoms with E-state index < -0.39 is 10.0 Å². The molecular formula is C18H28ClN3O3S. The molecule has 0 aliphatic carbocycles. The van der Waals surface area contributed by atoms with Crippen molar-refractivity contribution in [3.05, 3.63) is 29.3 Å². The Bertz CT molecular complexity index is 686. The van der Waals surface area contributed by atoms with E-state index in [1.54, 1.807) is 0 Å². The zero-order valence-electron chi connectivity index (χ0n) is 15.4. The van der Waals surface area contributed by atoms with Gasteiger partial charge in [0.2, 0.25) is 15.9 Å². The zero-order valence-corrected chi connectivity index (χ0v) is 17.0. The van der Waals surface area contributed by atoms with E-state index >= 15 is 0 Å². The van der Waals surface area contributed by atoms with Gasteiger partial charge < -0.3 is 10.2 Å². The van der Waals surface area contributed by atoms with Gasteiger partial charge in [0.05, 0.1) is 11.4 Å². The second-order valence-electron chi connectivity index (χ2n) is 6.94. The third kappa shape index (κ3) is 6.23. The molecule has 146 valence electrons. The molecule has 1 aromatic carbocycles. The van der Waals surface area contributed by atoms with E-state index in [-0.39, 0.29) is 17.3 Å². The number of nitrogens with one attached hydrogen (secondary N) is 1. The van der Waals surface area contributed by atoms with Gasteiger partial charge in [-0.05, 0) is 69.1 Å². The Morgan fingerprint density at radius 1 is 1.27 bits per heavy atom. The summed E-state index contributed by atoms with van der Waals surface area (Å²) in [6.07, 6.45) is 3.34. The van der Waals surface area contributed by atoms with Gasteiger partial charge in [-0.3, -0.25) is 4.79 Å². The monoisotopic (exact) mass is 401 g/mol. The number of piperidine rings is 1. The number of hydrogen-bond acceptors (Lipinski definition) is 4. The Morgan fingerprint density at radius 3 is 2.50 bits per heavy atom. The van der Waals surface area contributed by atoms with Crippen molar-refractivity contribution in [2.45, 2.75) is 31.1 Å². The molecule has 1 aliphatic heterocycles. The maximum atomic E-state index is 12.4. The summed E-state index contributed by atoms with van der Waals surface area (Å²) in [4.78, 5) is 14.6. The van der Waals surface area contributed by atoms with Gasteiger partial charge in [0.15, 0.2) is 0 Å². The highest BCUT2D eigenvalue weighted by atomic mass is 35.5. The third-order valence-electron chi connectivity index (χ3n) is 4.74. The van der Waals surface area contributed by atoms with E-state index in [1.807, 2.05) is 0 Å². The third-order valence-corrected chi connectivity index (χ3v) is 6.81. The SMILES string of the molecule is CC1CCN(CCCNC(=O)CN(C)S(=O)(=O)c2ccc(Cl)cc2)CC1. The smallest absolute Gasteiger partial charge is 0.243 e. The Kier molecular flexibility index (Phi) is 7.88. The first-order valence-electron chi connectivity index (χ1n) is 9.00. The molecule has 0 atom stereocenters. The number of carbonyl (C=O) groups excluding carboxylic acids is 1. The first-order chi connectivity index (χ1) is 12.3. The van der Waals surface area contributed by atoms with Crippen molar-refractivity contribution in [3.8, 4) is 0 Å². The molecule has 1 amide bonds. The summed E-state index contributed by atoms with van der Waals surface area (Å²) in [5, 5.41) is 3.27. The van der Waals surface area contributed by atoms with E-state index in [1.165, 1.54) is 44.2 Å². The summed E-state index contributed by atoms with van der Waals surface area (Å²) in [7, 11) is -2.30. The highest BCUT2D eigenvalue weighted by Crippen LogP contribution is 2.17. The number of amides is 1. The number of nitrogens with zero attached hydrogens (tertiary/aromatic N) is 2. The highest BCUT2D eigenvalue weighted by molar-refractivity contribution is 7.89. The second kappa shape index (κ2) is 9.69. The molecule has 1 aromatic rings. The van der Waals surface area contributed by atoms with E-state index in [2.05, 4.69) is 17.1 Å². The van der Waals surface area contributed by atoms with E-state index in [0.717, 1.165) is 36.3 Å². The molecule has 8 heteroatoms. The van der Waals surface area contributed by atoms with Crippen LogP contribution in [-0.4, -0.2) is 63.3 Å². The van der Waals surface area contributed by atoms with Crippen molar-refractivity contribution in [2.75, 3.05) is 39.8 Å². The first kappa shape index (κ1) is 21.2. The second-order valence-corrected chi connectivity index (χ2v) is 9.42. The standard InChI is InChI=1S/C18H28ClN3O3S/c1-15-8-12-22(13-9-15)11-3-10-20-18(23)14-21(2)26(24,25)17-6-4-16(19)5-7-17/h4-7,15H,3,8-14H2,1-2H3,(H,20,23). The Labute approximate surface area is 161 Å². The van der Waals surface area contributed by atoms with Gasteiger partial charge in [-0.2, -0.15) is 4.31 Å². The van der Waals surface area contributed by atoms with Crippen LogP contribution in [0.25, 0.3) is 0 Å². The minimum absolute atomic E-state index is 0.122. The topological polar surface area (TPSA) is 69.7 Å². The molecule has 1 saturated heterocycles. The molecule has 0 saturated carbocycles. The van der Waals surface area contributed by atoms with Crippen LogP contribution in [0.1, 0.15) is 26.2 Å². The quantitative estimate of drug-likeness (QED) is 0.678. The van der Waals surface area contributed by atoms with Crippen LogP contribution in [0.15, 0.2) is 29.2 Å². The molecule has 2 rings (SSSR count). The Balaban J connectivity index is 1.72. The molecule has 26 heavy (non-hydrogen) atoms. The van der Waals surface area contributed by atoms with Crippen LogP contribution < -0.4 is 5.32 Å². The van der Waals surface area contributed by atoms with E-state index in [4.69, 9.17) is 11.6 Å². The predicted molar refractivity (Wildman–Crippen MR) is 104 cm³/mol. The van der Waals surface area contributed by atoms with Crippen molar-refractivity contribution < 1.29 is 13.2 Å². The van der Waals surface area contributed by atoms with Crippen molar-refractivity contribution in [3.63, 3.8) is 0 Å². The average molecular weight is 402 g/mol. The maximum Gasteiger partial charge on any atom is 0.243 e. The molecule has 0 unspecified atom stereocenters. The van der Waals surface area contributed by atoms with Gasteiger partial charge in [-0.1, -0.05) is 18.5 Å². The fourth-order valence-electron chi connectivity index (χ4n) is 2.95. The number of likely N-dealkylation sites (tertiary alicyclic amines) is 1. The van der Waals surface area contributed by atoms with Crippen LogP contribution in [0.4, 0.5) is 0 Å². The van der Waals surface area contributed by atoms with Crippen LogP contribution in [0, 0.1) is 5.92 Å². The molecule has 0 aromatic heterocycles. The van der Waals surface area contributed by atoms with Crippen molar-refractivity contribution in [1.82, 2.24) is 14.5 Å². The summed E-state index contributed by atoms with van der Waals surface area (Å²) in [5.74, 6) is 0.515. The number of benzene rings is 1. The molecule has 1 N–H and O–H groups in total. The molecule has 6 nitrogen and oxygen atoms in total. The maximum absolute atomic E-state index is 12.4. The van der Waals surface area contributed by atoms with Gasteiger partial charge in [0.1, 0.15) is 0 Å². The lowest BCUT2D eigenvalue weighted by Crippen LogP contribution is -2.39. The number of hydrogen-bond donors (Lipinski definition) is 1. The average Bonchev–Trinajstić information content (AvgIpc) is 2.60. The lowest BCUT2D eigenvalue weighted by molar-refractivity contribution is -0.121. The molecule has 1 fully saturated rings. The molecule has 0 spiro atoms. The Morgan fingerprint density at radius 2 is 1.88 bits per heavy atom. The molecule has 1 heterocycles. The van der Waals surface area contributed by atoms with Gasteiger partial charge in [0.25, 0.3) is 0 Å². The summed E-state index contributed by atoms with van der Waals surface area (Å²) in [6, 6.07) is 5.91. The highest BCUT2D eigenvalue weighted by Gasteiger charge is 2.22. The van der Waals surface area contributed by atoms with Crippen molar-refractivity contribution in [1.29, 1.82) is 0 Å². The van der Waals surface area contributed by atoms with Gasteiger partial charge in [0, 0.05) is 18.6 Å². The summed E-state index contributed by atoms with van der Waals surface area (Å²) < 4.78 is 25.9. The van der Waals surface area contributed by atoms with Crippen LogP contribution in [0.3, 0.4) is 0 Å². The normalized spacial score (nSPS) is 16.8. The Hall–Kier alpha value is -1.15. The number of carbonyl (C=O) groups is 1. The minimum atomic E-state index is -3.70. The predicted octanol–water partition coefficient (Wildman–Crippen LogP) is 2.20. The number of likely N-dealkylation sites (N-methyl/N-ethyl adjacent to an activating group) is 1. The number of rotatable bonds is 8. The van der Waals surface area contributed by atoms with Gasteiger partial charge in [-0.25, -0.2) is 8.42 Å². The van der Waals surface area contributed by atoms with Crippen LogP contribution >= 0.6 is 11.6 Å². The summed E-state index contributed by atoms with van der Waals surface area (Å²) in [6.45, 7) is 5.85. The summed E-state index contributed by atoms with van der Waals surface area (Å²) >= 11 is 5.78. The van der Waals surface area contributed by atoms with Crippen LogP contribution in [-0.2, 0) is 14.8 Å². The van der Waals surface area contributed by atoms with E-state index in [0.29, 0.717) is 11.6 Å². The minimum Gasteiger partial charge on any atom is -0.355 e.